The van der Waals surface area contributed by atoms with Crippen molar-refractivity contribution in [3.8, 4) is 5.75 Å². The van der Waals surface area contributed by atoms with Crippen molar-refractivity contribution < 1.29 is 9.84 Å². The van der Waals surface area contributed by atoms with Gasteiger partial charge in [0.2, 0.25) is 0 Å². The van der Waals surface area contributed by atoms with E-state index in [1.165, 1.54) is 0 Å². The van der Waals surface area contributed by atoms with Crippen molar-refractivity contribution in [3.05, 3.63) is 63.6 Å². The van der Waals surface area contributed by atoms with E-state index >= 15 is 0 Å². The molecule has 2 aromatic rings. The van der Waals surface area contributed by atoms with Crippen molar-refractivity contribution in [3.63, 3.8) is 0 Å². The predicted octanol–water partition coefficient (Wildman–Crippen LogP) is 4.04. The molecule has 3 heteroatoms. The number of para-hydroxylation sites is 1. The molecule has 0 aromatic heterocycles. The summed E-state index contributed by atoms with van der Waals surface area (Å²) in [5, 5.41) is 10.4. The van der Waals surface area contributed by atoms with Crippen LogP contribution in [-0.2, 0) is 6.42 Å². The summed E-state index contributed by atoms with van der Waals surface area (Å²) in [5.41, 5.74) is 3.05. The second-order valence-electron chi connectivity index (χ2n) is 4.56. The number of aliphatic hydroxyl groups is 1. The zero-order valence-corrected chi connectivity index (χ0v) is 12.6. The fraction of sp³-hybridized carbons (Fsp3) is 0.250. The molecule has 0 spiro atoms. The first-order valence-corrected chi connectivity index (χ1v) is 6.97. The highest BCUT2D eigenvalue weighted by atomic mass is 79.9. The third-order valence-electron chi connectivity index (χ3n) is 3.12. The Morgan fingerprint density at radius 2 is 1.95 bits per heavy atom. The number of halogens is 1. The monoisotopic (exact) mass is 320 g/mol. The van der Waals surface area contributed by atoms with Crippen LogP contribution in [0.25, 0.3) is 0 Å². The molecule has 100 valence electrons. The Balaban J connectivity index is 2.25. The predicted molar refractivity (Wildman–Crippen MR) is 80.5 cm³/mol. The van der Waals surface area contributed by atoms with Gasteiger partial charge in [-0.15, -0.1) is 0 Å². The third kappa shape index (κ3) is 3.37. The number of methoxy groups -OCH3 is 1. The van der Waals surface area contributed by atoms with Gasteiger partial charge in [0, 0.05) is 10.9 Å². The number of rotatable bonds is 4. The number of hydrogen-bond acceptors (Lipinski definition) is 2. The third-order valence-corrected chi connectivity index (χ3v) is 3.84. The van der Waals surface area contributed by atoms with Crippen molar-refractivity contribution in [2.24, 2.45) is 0 Å². The summed E-state index contributed by atoms with van der Waals surface area (Å²) in [6, 6.07) is 13.8. The highest BCUT2D eigenvalue weighted by Crippen LogP contribution is 2.29. The van der Waals surface area contributed by atoms with E-state index in [1.807, 2.05) is 49.4 Å². The maximum Gasteiger partial charge on any atom is 0.122 e. The topological polar surface area (TPSA) is 29.5 Å². The van der Waals surface area contributed by atoms with Gasteiger partial charge in [-0.25, -0.2) is 0 Å². The van der Waals surface area contributed by atoms with Crippen molar-refractivity contribution in [1.29, 1.82) is 0 Å². The Bertz CT molecular complexity index is 566. The summed E-state index contributed by atoms with van der Waals surface area (Å²) in [5.74, 6) is 0.810. The molecule has 2 aromatic carbocycles. The van der Waals surface area contributed by atoms with Gasteiger partial charge in [0.05, 0.1) is 13.2 Å². The first-order valence-electron chi connectivity index (χ1n) is 6.18. The lowest BCUT2D eigenvalue weighted by molar-refractivity contribution is 0.176. The zero-order chi connectivity index (χ0) is 13.8. The Hall–Kier alpha value is -1.32. The van der Waals surface area contributed by atoms with Crippen LogP contribution in [0.4, 0.5) is 0 Å². The van der Waals surface area contributed by atoms with Crippen molar-refractivity contribution >= 4 is 15.9 Å². The fourth-order valence-electron chi connectivity index (χ4n) is 2.11. The van der Waals surface area contributed by atoms with E-state index in [-0.39, 0.29) is 0 Å². The molecule has 0 saturated carbocycles. The number of aliphatic hydroxyl groups excluding tert-OH is 1. The van der Waals surface area contributed by atoms with E-state index < -0.39 is 6.10 Å². The van der Waals surface area contributed by atoms with Crippen LogP contribution in [0.3, 0.4) is 0 Å². The summed E-state index contributed by atoms with van der Waals surface area (Å²) < 4.78 is 6.24. The molecule has 0 heterocycles. The van der Waals surface area contributed by atoms with E-state index in [1.54, 1.807) is 7.11 Å². The second-order valence-corrected chi connectivity index (χ2v) is 5.41. The number of benzene rings is 2. The average molecular weight is 321 g/mol. The summed E-state index contributed by atoms with van der Waals surface area (Å²) in [7, 11) is 1.65. The van der Waals surface area contributed by atoms with Crippen LogP contribution >= 0.6 is 15.9 Å². The molecule has 2 rings (SSSR count). The van der Waals surface area contributed by atoms with Crippen LogP contribution in [0, 0.1) is 6.92 Å². The van der Waals surface area contributed by atoms with Crippen molar-refractivity contribution in [2.45, 2.75) is 19.4 Å². The van der Waals surface area contributed by atoms with E-state index in [9.17, 15) is 5.11 Å². The van der Waals surface area contributed by atoms with Gasteiger partial charge < -0.3 is 9.84 Å². The molecule has 0 saturated heterocycles. The molecular weight excluding hydrogens is 304 g/mol. The largest absolute Gasteiger partial charge is 0.496 e. The number of hydrogen-bond donors (Lipinski definition) is 1. The quantitative estimate of drug-likeness (QED) is 0.921. The lowest BCUT2D eigenvalue weighted by Gasteiger charge is -2.15. The minimum atomic E-state index is -0.550. The Labute approximate surface area is 122 Å². The molecule has 1 unspecified atom stereocenters. The van der Waals surface area contributed by atoms with Crippen LogP contribution in [0.2, 0.25) is 0 Å². The molecule has 0 radical (unpaired) electrons. The molecule has 1 atom stereocenters. The molecule has 0 amide bonds. The molecule has 0 aliphatic heterocycles. The van der Waals surface area contributed by atoms with Gasteiger partial charge in [0.25, 0.3) is 0 Å². The highest BCUT2D eigenvalue weighted by molar-refractivity contribution is 9.10. The van der Waals surface area contributed by atoms with Crippen LogP contribution < -0.4 is 4.74 Å². The van der Waals surface area contributed by atoms with E-state index in [2.05, 4.69) is 15.9 Å². The van der Waals surface area contributed by atoms with Crippen LogP contribution in [0.15, 0.2) is 46.9 Å². The summed E-state index contributed by atoms with van der Waals surface area (Å²) in [6.07, 6.45) is -0.0166. The average Bonchev–Trinajstić information content (AvgIpc) is 2.42. The molecular formula is C16H17BrO2. The van der Waals surface area contributed by atoms with Crippen LogP contribution in [-0.4, -0.2) is 12.2 Å². The van der Waals surface area contributed by atoms with Crippen molar-refractivity contribution in [1.82, 2.24) is 0 Å². The smallest absolute Gasteiger partial charge is 0.122 e. The van der Waals surface area contributed by atoms with Gasteiger partial charge >= 0.3 is 0 Å². The molecule has 1 N–H and O–H groups in total. The summed E-state index contributed by atoms with van der Waals surface area (Å²) in [4.78, 5) is 0. The fourth-order valence-corrected chi connectivity index (χ4v) is 2.62. The molecule has 0 aliphatic carbocycles. The van der Waals surface area contributed by atoms with Gasteiger partial charge in [-0.2, -0.15) is 0 Å². The molecule has 0 fully saturated rings. The molecule has 0 bridgehead atoms. The van der Waals surface area contributed by atoms with Gasteiger partial charge in [-0.1, -0.05) is 51.8 Å². The molecule has 2 nitrogen and oxygen atoms in total. The molecule has 0 aliphatic rings. The van der Waals surface area contributed by atoms with E-state index in [4.69, 9.17) is 4.74 Å². The minimum Gasteiger partial charge on any atom is -0.496 e. The lowest BCUT2D eigenvalue weighted by atomic mass is 9.99. The summed E-state index contributed by atoms with van der Waals surface area (Å²) in [6.45, 7) is 2.02. The first kappa shape index (κ1) is 14.1. The standard InChI is InChI=1S/C16H17BrO2/c1-11-7-8-14(17)13(9-11)15(18)10-12-5-3-4-6-16(12)19-2/h3-9,15,18H,10H2,1-2H3. The van der Waals surface area contributed by atoms with Crippen LogP contribution in [0.1, 0.15) is 22.8 Å². The minimum absolute atomic E-state index is 0.534. The molecule has 19 heavy (non-hydrogen) atoms. The zero-order valence-electron chi connectivity index (χ0n) is 11.1. The van der Waals surface area contributed by atoms with Gasteiger partial charge in [-0.3, -0.25) is 0 Å². The highest BCUT2D eigenvalue weighted by Gasteiger charge is 2.14. The summed E-state index contributed by atoms with van der Waals surface area (Å²) >= 11 is 3.49. The van der Waals surface area contributed by atoms with E-state index in [0.717, 1.165) is 26.9 Å². The number of ether oxygens (including phenoxy) is 1. The van der Waals surface area contributed by atoms with Crippen LogP contribution in [0.5, 0.6) is 5.75 Å². The Kier molecular flexibility index (Phi) is 4.61. The Morgan fingerprint density at radius 3 is 2.68 bits per heavy atom. The normalized spacial score (nSPS) is 12.2. The van der Waals surface area contributed by atoms with E-state index in [0.29, 0.717) is 6.42 Å². The number of aryl methyl sites for hydroxylation is 1. The first-order chi connectivity index (χ1) is 9.11. The maximum absolute atomic E-state index is 10.4. The second kappa shape index (κ2) is 6.22. The maximum atomic E-state index is 10.4. The lowest BCUT2D eigenvalue weighted by Crippen LogP contribution is -2.04. The Morgan fingerprint density at radius 1 is 1.21 bits per heavy atom. The van der Waals surface area contributed by atoms with Gasteiger partial charge in [-0.05, 0) is 30.2 Å². The van der Waals surface area contributed by atoms with Crippen molar-refractivity contribution in [2.75, 3.05) is 7.11 Å². The van der Waals surface area contributed by atoms with Gasteiger partial charge in [0.1, 0.15) is 5.75 Å². The van der Waals surface area contributed by atoms with Gasteiger partial charge in [0.15, 0.2) is 0 Å². The SMILES string of the molecule is COc1ccccc1CC(O)c1cc(C)ccc1Br.